The minimum atomic E-state index is -1.02. The van der Waals surface area contributed by atoms with Crippen molar-refractivity contribution in [2.45, 2.75) is 57.0 Å². The van der Waals surface area contributed by atoms with Crippen LogP contribution < -0.4 is 10.6 Å². The van der Waals surface area contributed by atoms with Crippen LogP contribution in [0.2, 0.25) is 0 Å². The van der Waals surface area contributed by atoms with E-state index in [9.17, 15) is 19.2 Å². The monoisotopic (exact) mass is 580 g/mol. The lowest BCUT2D eigenvalue weighted by molar-refractivity contribution is -0.138. The van der Waals surface area contributed by atoms with Crippen LogP contribution in [0.3, 0.4) is 0 Å². The third-order valence-electron chi connectivity index (χ3n) is 7.70. The second kappa shape index (κ2) is 16.6. The molecular weight excluding hydrogens is 532 g/mol. The first kappa shape index (κ1) is 32.7. The van der Waals surface area contributed by atoms with Crippen LogP contribution in [0.15, 0.2) is 4.99 Å². The molecule has 13 heteroatoms. The molecule has 2 saturated heterocycles. The fraction of sp³-hybridized carbons (Fsp3) is 0.821. The zero-order valence-electron chi connectivity index (χ0n) is 25.1. The highest BCUT2D eigenvalue weighted by Gasteiger charge is 2.36. The number of carbonyl (C=O) groups is 4. The van der Waals surface area contributed by atoms with Crippen molar-refractivity contribution in [3.05, 3.63) is 0 Å². The summed E-state index contributed by atoms with van der Waals surface area (Å²) in [5.74, 6) is -0.526. The second-order valence-corrected chi connectivity index (χ2v) is 11.6. The molecule has 1 aliphatic carbocycles. The van der Waals surface area contributed by atoms with Gasteiger partial charge in [-0.2, -0.15) is 0 Å². The molecule has 3 unspecified atom stereocenters. The number of Topliss-reactive ketones (excluding diaryl/α,β-unsaturated/α-hetero) is 1. The number of rotatable bonds is 10. The van der Waals surface area contributed by atoms with Gasteiger partial charge in [0.15, 0.2) is 5.78 Å². The molecule has 0 aromatic carbocycles. The fourth-order valence-corrected chi connectivity index (χ4v) is 5.36. The second-order valence-electron chi connectivity index (χ2n) is 11.6. The molecule has 0 radical (unpaired) electrons. The number of nitrogens with zero attached hydrogens (tertiary/aromatic N) is 4. The van der Waals surface area contributed by atoms with Gasteiger partial charge in [0, 0.05) is 46.1 Å². The van der Waals surface area contributed by atoms with E-state index in [0.29, 0.717) is 52.0 Å². The maximum absolute atomic E-state index is 13.7. The highest BCUT2D eigenvalue weighted by atomic mass is 16.5. The highest BCUT2D eigenvalue weighted by molar-refractivity contribution is 5.97. The summed E-state index contributed by atoms with van der Waals surface area (Å²) in [4.78, 5) is 61.6. The lowest BCUT2D eigenvalue weighted by Crippen LogP contribution is -2.56. The summed E-state index contributed by atoms with van der Waals surface area (Å²) in [5, 5.41) is 5.65. The van der Waals surface area contributed by atoms with Gasteiger partial charge in [-0.3, -0.25) is 19.7 Å². The van der Waals surface area contributed by atoms with Gasteiger partial charge in [0.1, 0.15) is 12.6 Å². The molecule has 3 rings (SSSR count). The first-order valence-electron chi connectivity index (χ1n) is 14.7. The Morgan fingerprint density at radius 1 is 1.07 bits per heavy atom. The van der Waals surface area contributed by atoms with Gasteiger partial charge in [-0.05, 0) is 39.3 Å². The summed E-state index contributed by atoms with van der Waals surface area (Å²) in [6, 6.07) is -1.76. The summed E-state index contributed by atoms with van der Waals surface area (Å²) in [6.07, 6.45) is 5.12. The average Bonchev–Trinajstić information content (AvgIpc) is 2.95. The number of amides is 3. The number of ketones is 1. The predicted molar refractivity (Wildman–Crippen MR) is 152 cm³/mol. The molecule has 0 spiro atoms. The molecular formula is C28H48N6O7. The molecule has 0 bridgehead atoms. The SMILES string of the molecule is CN(C)CC1COCC(=O)C1NC(=O)C(CCC(=O)N(C)C)N=C(NC(=O)OCC1CCCCC1)N1CCOCC1. The number of alkyl carbamates (subject to hydrolysis) is 1. The summed E-state index contributed by atoms with van der Waals surface area (Å²) in [6.45, 7) is 2.98. The van der Waals surface area contributed by atoms with Crippen molar-refractivity contribution in [1.29, 1.82) is 0 Å². The van der Waals surface area contributed by atoms with Gasteiger partial charge >= 0.3 is 6.09 Å². The van der Waals surface area contributed by atoms with Crippen molar-refractivity contribution in [3.8, 4) is 0 Å². The summed E-state index contributed by atoms with van der Waals surface area (Å²) in [7, 11) is 7.09. The quantitative estimate of drug-likeness (QED) is 0.279. The number of guanidine groups is 1. The number of hydrogen-bond acceptors (Lipinski definition) is 9. The fourth-order valence-electron chi connectivity index (χ4n) is 5.36. The van der Waals surface area contributed by atoms with Gasteiger partial charge in [0.05, 0.1) is 32.5 Å². The summed E-state index contributed by atoms with van der Waals surface area (Å²) >= 11 is 0. The Morgan fingerprint density at radius 2 is 1.78 bits per heavy atom. The van der Waals surface area contributed by atoms with Crippen molar-refractivity contribution in [3.63, 3.8) is 0 Å². The lowest BCUT2D eigenvalue weighted by Gasteiger charge is -2.34. The normalized spacial score (nSPS) is 23.2. The maximum Gasteiger partial charge on any atom is 0.413 e. The first-order chi connectivity index (χ1) is 19.6. The highest BCUT2D eigenvalue weighted by Crippen LogP contribution is 2.23. The van der Waals surface area contributed by atoms with Crippen molar-refractivity contribution in [1.82, 2.24) is 25.3 Å². The largest absolute Gasteiger partial charge is 0.449 e. The van der Waals surface area contributed by atoms with Crippen molar-refractivity contribution in [2.24, 2.45) is 16.8 Å². The van der Waals surface area contributed by atoms with E-state index in [1.54, 1.807) is 14.1 Å². The molecule has 2 heterocycles. The van der Waals surface area contributed by atoms with Crippen LogP contribution in [0.5, 0.6) is 0 Å². The van der Waals surface area contributed by atoms with Crippen LogP contribution >= 0.6 is 0 Å². The number of hydrogen-bond donors (Lipinski definition) is 2. The standard InChI is InChI=1S/C28H48N6O7/c1-32(2)16-21-18-40-19-23(35)25(21)30-26(37)22(10-11-24(36)33(3)4)29-27(34-12-14-39-15-13-34)31-28(38)41-17-20-8-6-5-7-9-20/h20-22,25H,5-19H2,1-4H3,(H,30,37)(H,29,31,38). The Labute approximate surface area is 243 Å². The number of morpholine rings is 1. The molecule has 2 N–H and O–H groups in total. The van der Waals surface area contributed by atoms with Gasteiger partial charge in [-0.1, -0.05) is 19.3 Å². The molecule has 13 nitrogen and oxygen atoms in total. The third-order valence-corrected chi connectivity index (χ3v) is 7.70. The van der Waals surface area contributed by atoms with Crippen molar-refractivity contribution in [2.75, 3.05) is 80.9 Å². The topological polar surface area (TPSA) is 142 Å². The van der Waals surface area contributed by atoms with Gasteiger partial charge in [0.2, 0.25) is 17.8 Å². The number of ether oxygens (including phenoxy) is 3. The van der Waals surface area contributed by atoms with Crippen LogP contribution in [-0.4, -0.2) is 137 Å². The van der Waals surface area contributed by atoms with Gasteiger partial charge in [-0.15, -0.1) is 0 Å². The Morgan fingerprint density at radius 3 is 2.44 bits per heavy atom. The molecule has 3 amide bonds. The molecule has 0 aromatic heterocycles. The number of carbonyl (C=O) groups excluding carboxylic acids is 4. The molecule has 0 aromatic rings. The number of aliphatic imine (C=N–C) groups is 1. The third kappa shape index (κ3) is 10.9. The predicted octanol–water partition coefficient (Wildman–Crippen LogP) is 0.480. The van der Waals surface area contributed by atoms with Gasteiger partial charge < -0.3 is 34.2 Å². The smallest absolute Gasteiger partial charge is 0.413 e. The molecule has 3 atom stereocenters. The molecule has 3 fully saturated rings. The van der Waals surface area contributed by atoms with Gasteiger partial charge in [-0.25, -0.2) is 9.79 Å². The van der Waals surface area contributed by atoms with Crippen LogP contribution in [-0.2, 0) is 28.6 Å². The zero-order valence-corrected chi connectivity index (χ0v) is 25.1. The molecule has 232 valence electrons. The van der Waals surface area contributed by atoms with E-state index in [1.165, 1.54) is 11.3 Å². The average molecular weight is 581 g/mol. The zero-order chi connectivity index (χ0) is 29.8. The van der Waals surface area contributed by atoms with Crippen LogP contribution in [0.25, 0.3) is 0 Å². The minimum absolute atomic E-state index is 0.0694. The van der Waals surface area contributed by atoms with E-state index in [-0.39, 0.29) is 43.0 Å². The van der Waals surface area contributed by atoms with E-state index in [1.807, 2.05) is 23.9 Å². The molecule has 2 aliphatic heterocycles. The van der Waals surface area contributed by atoms with Crippen LogP contribution in [0.4, 0.5) is 4.79 Å². The lowest BCUT2D eigenvalue weighted by atomic mass is 9.90. The Balaban J connectivity index is 1.80. The Hall–Kier alpha value is -2.77. The summed E-state index contributed by atoms with van der Waals surface area (Å²) in [5.41, 5.74) is 0. The van der Waals surface area contributed by atoms with Gasteiger partial charge in [0.25, 0.3) is 0 Å². The number of nitrogens with one attached hydrogen (secondary N) is 2. The van der Waals surface area contributed by atoms with Crippen molar-refractivity contribution < 1.29 is 33.4 Å². The Kier molecular flexibility index (Phi) is 13.3. The van der Waals surface area contributed by atoms with Crippen molar-refractivity contribution >= 4 is 29.7 Å². The molecule has 3 aliphatic rings. The Bertz CT molecular complexity index is 916. The molecule has 1 saturated carbocycles. The van der Waals surface area contributed by atoms with E-state index >= 15 is 0 Å². The minimum Gasteiger partial charge on any atom is -0.449 e. The van der Waals surface area contributed by atoms with E-state index in [2.05, 4.69) is 15.6 Å². The van der Waals surface area contributed by atoms with Crippen LogP contribution in [0, 0.1) is 11.8 Å². The van der Waals surface area contributed by atoms with E-state index < -0.39 is 24.1 Å². The molecule has 41 heavy (non-hydrogen) atoms. The first-order valence-corrected chi connectivity index (χ1v) is 14.7. The summed E-state index contributed by atoms with van der Waals surface area (Å²) < 4.78 is 16.5. The maximum atomic E-state index is 13.7. The van der Waals surface area contributed by atoms with E-state index in [0.717, 1.165) is 25.7 Å². The van der Waals surface area contributed by atoms with E-state index in [4.69, 9.17) is 14.2 Å². The van der Waals surface area contributed by atoms with Crippen LogP contribution in [0.1, 0.15) is 44.9 Å².